The maximum atomic E-state index is 13.9. The summed E-state index contributed by atoms with van der Waals surface area (Å²) < 4.78 is 21.2. The number of halogens is 1. The second-order valence-corrected chi connectivity index (χ2v) is 5.34. The number of ether oxygens (including phenoxy) is 1. The summed E-state index contributed by atoms with van der Waals surface area (Å²) in [6.07, 6.45) is 3.53. The van der Waals surface area contributed by atoms with Crippen molar-refractivity contribution in [2.24, 2.45) is 0 Å². The molecule has 0 fully saturated rings. The minimum Gasteiger partial charge on any atom is -0.492 e. The van der Waals surface area contributed by atoms with Gasteiger partial charge in [-0.15, -0.1) is 0 Å². The van der Waals surface area contributed by atoms with E-state index in [1.54, 1.807) is 10.7 Å². The maximum Gasteiger partial charge on any atom is 0.165 e. The van der Waals surface area contributed by atoms with Gasteiger partial charge in [0, 0.05) is 37.5 Å². The Bertz CT molecular complexity index is 848. The normalized spacial score (nSPS) is 15.0. The van der Waals surface area contributed by atoms with Gasteiger partial charge >= 0.3 is 0 Å². The summed E-state index contributed by atoms with van der Waals surface area (Å²) in [7, 11) is 0. The van der Waals surface area contributed by atoms with Crippen LogP contribution in [0.4, 0.5) is 10.2 Å². The van der Waals surface area contributed by atoms with Gasteiger partial charge in [-0.1, -0.05) is 0 Å². The minimum absolute atomic E-state index is 0.341. The van der Waals surface area contributed by atoms with E-state index in [0.29, 0.717) is 30.1 Å². The molecular formula is C16H16FN5O. The fourth-order valence-corrected chi connectivity index (χ4v) is 2.62. The highest BCUT2D eigenvalue weighted by Gasteiger charge is 2.12. The van der Waals surface area contributed by atoms with Crippen LogP contribution in [0.25, 0.3) is 16.8 Å². The number of hydrogen-bond acceptors (Lipinski definition) is 5. The molecule has 0 aliphatic carbocycles. The van der Waals surface area contributed by atoms with Gasteiger partial charge < -0.3 is 15.4 Å². The molecule has 2 N–H and O–H groups in total. The van der Waals surface area contributed by atoms with Crippen molar-refractivity contribution < 1.29 is 9.13 Å². The summed E-state index contributed by atoms with van der Waals surface area (Å²) in [4.78, 5) is 4.58. The third-order valence-electron chi connectivity index (χ3n) is 3.71. The summed E-state index contributed by atoms with van der Waals surface area (Å²) in [6.45, 7) is 2.72. The lowest BCUT2D eigenvalue weighted by Gasteiger charge is -2.11. The van der Waals surface area contributed by atoms with Crippen molar-refractivity contribution in [1.82, 2.24) is 19.9 Å². The van der Waals surface area contributed by atoms with Gasteiger partial charge in [0.25, 0.3) is 0 Å². The highest BCUT2D eigenvalue weighted by molar-refractivity contribution is 5.78. The third-order valence-corrected chi connectivity index (χ3v) is 3.71. The Morgan fingerprint density at radius 3 is 3.09 bits per heavy atom. The molecule has 3 heterocycles. The summed E-state index contributed by atoms with van der Waals surface area (Å²) >= 11 is 0. The van der Waals surface area contributed by atoms with Gasteiger partial charge in [0.1, 0.15) is 24.0 Å². The molecule has 0 unspecified atom stereocenters. The molecule has 23 heavy (non-hydrogen) atoms. The summed E-state index contributed by atoms with van der Waals surface area (Å²) in [5.41, 5.74) is 2.15. The van der Waals surface area contributed by atoms with Crippen LogP contribution in [0.5, 0.6) is 5.75 Å². The molecule has 1 aliphatic rings. The van der Waals surface area contributed by atoms with Crippen LogP contribution >= 0.6 is 0 Å². The van der Waals surface area contributed by atoms with Gasteiger partial charge in [0.05, 0.1) is 6.20 Å². The van der Waals surface area contributed by atoms with E-state index >= 15 is 0 Å². The van der Waals surface area contributed by atoms with Crippen LogP contribution in [0.1, 0.15) is 0 Å². The van der Waals surface area contributed by atoms with Gasteiger partial charge in [-0.25, -0.2) is 13.9 Å². The van der Waals surface area contributed by atoms with Crippen LogP contribution in [-0.4, -0.2) is 40.8 Å². The molecule has 118 valence electrons. The average molecular weight is 313 g/mol. The quantitative estimate of drug-likeness (QED) is 0.664. The molecule has 7 heteroatoms. The smallest absolute Gasteiger partial charge is 0.165 e. The zero-order chi connectivity index (χ0) is 15.6. The Morgan fingerprint density at radius 2 is 2.13 bits per heavy atom. The Kier molecular flexibility index (Phi) is 3.55. The highest BCUT2D eigenvalue weighted by Crippen LogP contribution is 2.28. The van der Waals surface area contributed by atoms with Gasteiger partial charge in [0.15, 0.2) is 5.65 Å². The largest absolute Gasteiger partial charge is 0.492 e. The van der Waals surface area contributed by atoms with E-state index in [0.717, 1.165) is 24.5 Å². The van der Waals surface area contributed by atoms with Crippen LogP contribution in [0.2, 0.25) is 0 Å². The first-order valence-electron chi connectivity index (χ1n) is 7.52. The Hall–Kier alpha value is -2.67. The summed E-state index contributed by atoms with van der Waals surface area (Å²) in [5, 5.41) is 10.8. The van der Waals surface area contributed by atoms with Gasteiger partial charge in [-0.05, 0) is 23.8 Å². The molecule has 4 bridgehead atoms. The molecule has 3 aromatic rings. The molecule has 0 atom stereocenters. The monoisotopic (exact) mass is 313 g/mol. The second-order valence-electron chi connectivity index (χ2n) is 5.34. The molecule has 0 spiro atoms. The summed E-state index contributed by atoms with van der Waals surface area (Å²) in [5.74, 6) is 0.935. The number of benzene rings is 1. The lowest BCUT2D eigenvalue weighted by Crippen LogP contribution is -2.26. The Morgan fingerprint density at radius 1 is 1.17 bits per heavy atom. The number of nitrogens with one attached hydrogen (secondary N) is 2. The standard InChI is InChI=1S/C16H16FN5O/c17-12-7-11-8-13(9-12)23-6-4-18-2-3-19-15-1-5-22-16(21-15)14(11)10-20-22/h1,5,7-10,18H,2-4,6H2,(H,19,21). The van der Waals surface area contributed by atoms with E-state index in [9.17, 15) is 4.39 Å². The summed E-state index contributed by atoms with van der Waals surface area (Å²) in [6, 6.07) is 6.54. The molecule has 6 nitrogen and oxygen atoms in total. The van der Waals surface area contributed by atoms with Crippen molar-refractivity contribution in [1.29, 1.82) is 0 Å². The molecule has 1 aromatic carbocycles. The number of rotatable bonds is 0. The van der Waals surface area contributed by atoms with Crippen LogP contribution in [0.3, 0.4) is 0 Å². The first-order chi connectivity index (χ1) is 11.3. The third kappa shape index (κ3) is 2.83. The van der Waals surface area contributed by atoms with Crippen molar-refractivity contribution in [3.63, 3.8) is 0 Å². The van der Waals surface area contributed by atoms with Crippen LogP contribution in [-0.2, 0) is 0 Å². The average Bonchev–Trinajstić information content (AvgIpc) is 2.96. The molecule has 1 aliphatic heterocycles. The molecule has 4 rings (SSSR count). The molecular weight excluding hydrogens is 297 g/mol. The minimum atomic E-state index is -0.341. The number of hydrogen-bond donors (Lipinski definition) is 2. The van der Waals surface area contributed by atoms with Crippen LogP contribution < -0.4 is 15.4 Å². The second kappa shape index (κ2) is 5.85. The van der Waals surface area contributed by atoms with Crippen molar-refractivity contribution in [2.45, 2.75) is 0 Å². The van der Waals surface area contributed by atoms with Crippen molar-refractivity contribution >= 4 is 11.5 Å². The highest BCUT2D eigenvalue weighted by atomic mass is 19.1. The Balaban J connectivity index is 1.86. The topological polar surface area (TPSA) is 63.5 Å². The zero-order valence-electron chi connectivity index (χ0n) is 12.4. The zero-order valence-corrected chi connectivity index (χ0v) is 12.4. The van der Waals surface area contributed by atoms with Crippen molar-refractivity contribution in [2.75, 3.05) is 31.6 Å². The molecule has 0 radical (unpaired) electrons. The van der Waals surface area contributed by atoms with Crippen molar-refractivity contribution in [3.05, 3.63) is 42.5 Å². The number of nitrogens with zero attached hydrogens (tertiary/aromatic N) is 3. The van der Waals surface area contributed by atoms with E-state index in [1.165, 1.54) is 12.1 Å². The predicted molar refractivity (Wildman–Crippen MR) is 85.2 cm³/mol. The fourth-order valence-electron chi connectivity index (χ4n) is 2.62. The van der Waals surface area contributed by atoms with Gasteiger partial charge in [-0.3, -0.25) is 0 Å². The maximum absolute atomic E-state index is 13.9. The fraction of sp³-hybridized carbons (Fsp3) is 0.250. The number of anilines is 1. The van der Waals surface area contributed by atoms with E-state index in [1.807, 2.05) is 18.3 Å². The van der Waals surface area contributed by atoms with E-state index < -0.39 is 0 Å². The molecule has 0 saturated carbocycles. The SMILES string of the molecule is Fc1cc2cc(c1)-c1cnn3ccc(nc13)NCCNCCO2. The van der Waals surface area contributed by atoms with Gasteiger partial charge in [-0.2, -0.15) is 5.10 Å². The Labute approximate surface area is 132 Å². The van der Waals surface area contributed by atoms with E-state index in [2.05, 4.69) is 20.7 Å². The van der Waals surface area contributed by atoms with E-state index in [-0.39, 0.29) is 5.82 Å². The molecule has 0 amide bonds. The first-order valence-corrected chi connectivity index (χ1v) is 7.52. The lowest BCUT2D eigenvalue weighted by molar-refractivity contribution is 0.313. The van der Waals surface area contributed by atoms with Gasteiger partial charge in [0.2, 0.25) is 0 Å². The van der Waals surface area contributed by atoms with E-state index in [4.69, 9.17) is 4.74 Å². The number of fused-ring (bicyclic) bond motifs is 4. The first kappa shape index (κ1) is 14.0. The predicted octanol–water partition coefficient (Wildman–Crippen LogP) is 1.93. The number of aromatic nitrogens is 3. The van der Waals surface area contributed by atoms with Crippen molar-refractivity contribution in [3.8, 4) is 16.9 Å². The molecule has 0 saturated heterocycles. The molecule has 2 aromatic heterocycles. The van der Waals surface area contributed by atoms with Crippen LogP contribution in [0, 0.1) is 5.82 Å². The van der Waals surface area contributed by atoms with Crippen LogP contribution in [0.15, 0.2) is 36.7 Å². The lowest BCUT2D eigenvalue weighted by atomic mass is 10.1.